The molecule has 186 valence electrons. The van der Waals surface area contributed by atoms with E-state index in [1.807, 2.05) is 20.8 Å². The Hall–Kier alpha value is -2.78. The number of benzene rings is 2. The van der Waals surface area contributed by atoms with E-state index in [2.05, 4.69) is 5.32 Å². The van der Waals surface area contributed by atoms with Crippen molar-refractivity contribution >= 4 is 39.1 Å². The average Bonchev–Trinajstić information content (AvgIpc) is 2.74. The van der Waals surface area contributed by atoms with Gasteiger partial charge in [0.15, 0.2) is 0 Å². The number of carbonyl (C=O) groups excluding carboxylic acids is 2. The topological polar surface area (TPSA) is 96.0 Å². The molecule has 2 amide bonds. The number of halogens is 1. The second-order valence-electron chi connectivity index (χ2n) is 9.00. The molecule has 0 aliphatic carbocycles. The fourth-order valence-electron chi connectivity index (χ4n) is 3.25. The van der Waals surface area contributed by atoms with Crippen molar-refractivity contribution in [2.75, 3.05) is 24.2 Å². The van der Waals surface area contributed by atoms with Gasteiger partial charge in [0.2, 0.25) is 21.8 Å². The Morgan fingerprint density at radius 1 is 1.12 bits per heavy atom. The molecule has 0 aromatic heterocycles. The van der Waals surface area contributed by atoms with E-state index < -0.39 is 34.1 Å². The molecule has 1 N–H and O–H groups in total. The highest BCUT2D eigenvalue weighted by Crippen LogP contribution is 2.24. The minimum absolute atomic E-state index is 0.0347. The molecule has 10 heteroatoms. The van der Waals surface area contributed by atoms with Crippen molar-refractivity contribution in [1.29, 1.82) is 0 Å². The zero-order valence-electron chi connectivity index (χ0n) is 20.3. The van der Waals surface area contributed by atoms with Crippen LogP contribution in [0.5, 0.6) is 5.75 Å². The molecule has 0 fully saturated rings. The van der Waals surface area contributed by atoms with E-state index >= 15 is 0 Å². The third kappa shape index (κ3) is 7.63. The van der Waals surface area contributed by atoms with Gasteiger partial charge in [0, 0.05) is 23.2 Å². The lowest BCUT2D eigenvalue weighted by Gasteiger charge is -2.33. The van der Waals surface area contributed by atoms with Gasteiger partial charge in [-0.15, -0.1) is 0 Å². The number of nitrogens with zero attached hydrogens (tertiary/aromatic N) is 2. The normalized spacial score (nSPS) is 12.6. The molecule has 34 heavy (non-hydrogen) atoms. The molecular formula is C24H32ClN3O5S. The van der Waals surface area contributed by atoms with E-state index in [9.17, 15) is 18.0 Å². The molecule has 0 heterocycles. The number of nitrogens with one attached hydrogen (secondary N) is 1. The lowest BCUT2D eigenvalue weighted by atomic mass is 10.1. The third-order valence-corrected chi connectivity index (χ3v) is 6.49. The smallest absolute Gasteiger partial charge is 0.244 e. The number of amides is 2. The SMILES string of the molecule is COc1cccc(N(CC(=O)N(Cc2ccccc2Cl)[C@H](C)C(=O)NC(C)(C)C)S(C)(=O)=O)c1. The maximum atomic E-state index is 13.5. The van der Waals surface area contributed by atoms with Crippen molar-refractivity contribution in [3.63, 3.8) is 0 Å². The van der Waals surface area contributed by atoms with Gasteiger partial charge in [0.05, 0.1) is 19.1 Å². The summed E-state index contributed by atoms with van der Waals surface area (Å²) in [5.41, 5.74) is 0.406. The van der Waals surface area contributed by atoms with Crippen molar-refractivity contribution in [3.8, 4) is 5.75 Å². The number of hydrogen-bond acceptors (Lipinski definition) is 5. The van der Waals surface area contributed by atoms with Crippen LogP contribution in [0.3, 0.4) is 0 Å². The first-order chi connectivity index (χ1) is 15.7. The molecule has 0 saturated carbocycles. The zero-order chi connectivity index (χ0) is 25.7. The molecule has 0 spiro atoms. The molecule has 0 unspecified atom stereocenters. The summed E-state index contributed by atoms with van der Waals surface area (Å²) in [4.78, 5) is 27.8. The first-order valence-corrected chi connectivity index (χ1v) is 12.9. The van der Waals surface area contributed by atoms with Crippen LogP contribution in [0, 0.1) is 0 Å². The Morgan fingerprint density at radius 2 is 1.76 bits per heavy atom. The second-order valence-corrected chi connectivity index (χ2v) is 11.3. The first kappa shape index (κ1) is 27.5. The molecule has 0 saturated heterocycles. The second kappa shape index (κ2) is 11.1. The van der Waals surface area contributed by atoms with Crippen molar-refractivity contribution in [2.24, 2.45) is 0 Å². The molecule has 8 nitrogen and oxygen atoms in total. The van der Waals surface area contributed by atoms with Gasteiger partial charge in [0.1, 0.15) is 18.3 Å². The van der Waals surface area contributed by atoms with E-state index in [1.54, 1.807) is 49.4 Å². The van der Waals surface area contributed by atoms with Crippen LogP contribution >= 0.6 is 11.6 Å². The summed E-state index contributed by atoms with van der Waals surface area (Å²) in [5, 5.41) is 3.31. The van der Waals surface area contributed by atoms with Gasteiger partial charge in [-0.2, -0.15) is 0 Å². The Labute approximate surface area is 206 Å². The Bertz CT molecular complexity index is 1130. The van der Waals surface area contributed by atoms with Crippen molar-refractivity contribution in [2.45, 2.75) is 45.8 Å². The van der Waals surface area contributed by atoms with Gasteiger partial charge in [0.25, 0.3) is 0 Å². The van der Waals surface area contributed by atoms with E-state index in [0.717, 1.165) is 10.6 Å². The molecule has 2 rings (SSSR count). The number of methoxy groups -OCH3 is 1. The third-order valence-electron chi connectivity index (χ3n) is 4.98. The maximum Gasteiger partial charge on any atom is 0.244 e. The number of sulfonamides is 1. The predicted molar refractivity (Wildman–Crippen MR) is 135 cm³/mol. The summed E-state index contributed by atoms with van der Waals surface area (Å²) in [6.45, 7) is 6.66. The van der Waals surface area contributed by atoms with Crippen LogP contribution < -0.4 is 14.4 Å². The van der Waals surface area contributed by atoms with Crippen molar-refractivity contribution in [1.82, 2.24) is 10.2 Å². The summed E-state index contributed by atoms with van der Waals surface area (Å²) in [6, 6.07) is 12.5. The van der Waals surface area contributed by atoms with Crippen LogP contribution in [0.15, 0.2) is 48.5 Å². The monoisotopic (exact) mass is 509 g/mol. The number of rotatable bonds is 9. The molecule has 0 aliphatic heterocycles. The fraction of sp³-hybridized carbons (Fsp3) is 0.417. The zero-order valence-corrected chi connectivity index (χ0v) is 21.9. The number of ether oxygens (including phenoxy) is 1. The standard InChI is InChI=1S/C24H32ClN3O5S/c1-17(23(30)26-24(2,3)4)27(15-18-10-7-8-13-21(18)25)22(29)16-28(34(6,31)32)19-11-9-12-20(14-19)33-5/h7-14,17H,15-16H2,1-6H3,(H,26,30)/t17-/m1/s1. The molecule has 0 aliphatic rings. The van der Waals surface area contributed by atoms with E-state index in [4.69, 9.17) is 16.3 Å². The van der Waals surface area contributed by atoms with Gasteiger partial charge in [-0.3, -0.25) is 13.9 Å². The Balaban J connectivity index is 2.43. The van der Waals surface area contributed by atoms with Crippen LogP contribution in [-0.2, 0) is 26.2 Å². The lowest BCUT2D eigenvalue weighted by molar-refractivity contribution is -0.140. The minimum atomic E-state index is -3.82. The molecule has 2 aromatic rings. The fourth-order valence-corrected chi connectivity index (χ4v) is 4.28. The predicted octanol–water partition coefficient (Wildman–Crippen LogP) is 3.45. The molecule has 0 bridgehead atoms. The van der Waals surface area contributed by atoms with Gasteiger partial charge in [-0.05, 0) is 51.5 Å². The van der Waals surface area contributed by atoms with Crippen molar-refractivity contribution in [3.05, 3.63) is 59.1 Å². The largest absolute Gasteiger partial charge is 0.497 e. The van der Waals surface area contributed by atoms with Gasteiger partial charge in [-0.25, -0.2) is 8.42 Å². The summed E-state index contributed by atoms with van der Waals surface area (Å²) in [7, 11) is -2.36. The van der Waals surface area contributed by atoms with Crippen LogP contribution in [0.1, 0.15) is 33.3 Å². The Morgan fingerprint density at radius 3 is 2.32 bits per heavy atom. The highest BCUT2D eigenvalue weighted by molar-refractivity contribution is 7.92. The van der Waals surface area contributed by atoms with Crippen LogP contribution in [0.4, 0.5) is 5.69 Å². The van der Waals surface area contributed by atoms with Gasteiger partial charge in [-0.1, -0.05) is 35.9 Å². The molecule has 0 radical (unpaired) electrons. The highest BCUT2D eigenvalue weighted by Gasteiger charge is 2.31. The number of carbonyl (C=O) groups is 2. The highest BCUT2D eigenvalue weighted by atomic mass is 35.5. The van der Waals surface area contributed by atoms with Crippen LogP contribution in [0.2, 0.25) is 5.02 Å². The summed E-state index contributed by atoms with van der Waals surface area (Å²) in [6.07, 6.45) is 1.02. The quantitative estimate of drug-likeness (QED) is 0.558. The summed E-state index contributed by atoms with van der Waals surface area (Å²) in [5.74, 6) is -0.464. The summed E-state index contributed by atoms with van der Waals surface area (Å²) >= 11 is 6.31. The van der Waals surface area contributed by atoms with Crippen LogP contribution in [0.25, 0.3) is 0 Å². The molecule has 1 atom stereocenters. The van der Waals surface area contributed by atoms with Crippen molar-refractivity contribution < 1.29 is 22.7 Å². The minimum Gasteiger partial charge on any atom is -0.497 e. The van der Waals surface area contributed by atoms with Gasteiger partial charge < -0.3 is 15.0 Å². The van der Waals surface area contributed by atoms with E-state index in [1.165, 1.54) is 18.1 Å². The number of hydrogen-bond donors (Lipinski definition) is 1. The van der Waals surface area contributed by atoms with Gasteiger partial charge >= 0.3 is 0 Å². The summed E-state index contributed by atoms with van der Waals surface area (Å²) < 4.78 is 31.4. The molecular weight excluding hydrogens is 478 g/mol. The van der Waals surface area contributed by atoms with E-state index in [-0.39, 0.29) is 18.1 Å². The van der Waals surface area contributed by atoms with E-state index in [0.29, 0.717) is 16.3 Å². The number of anilines is 1. The lowest BCUT2D eigenvalue weighted by Crippen LogP contribution is -2.54. The Kier molecular flexibility index (Phi) is 8.96. The van der Waals surface area contributed by atoms with Crippen LogP contribution in [-0.4, -0.2) is 56.6 Å². The molecule has 2 aromatic carbocycles. The maximum absolute atomic E-state index is 13.5. The first-order valence-electron chi connectivity index (χ1n) is 10.7. The average molecular weight is 510 g/mol.